The maximum absolute atomic E-state index is 11.1. The standard InChI is InChI=1S/C18H14Cl2N4O2/c1-10-7-16(22-13-4-2-3-11(8-13)17(25)26)24-18(21-10)23-15-6-5-12(19)9-14(15)20/h2-9H,1H3,(H,25,26)(H2,21,22,23,24). The fourth-order valence-corrected chi connectivity index (χ4v) is 2.73. The van der Waals surface area contributed by atoms with Crippen molar-refractivity contribution in [2.24, 2.45) is 0 Å². The van der Waals surface area contributed by atoms with Crippen LogP contribution in [0.15, 0.2) is 48.5 Å². The van der Waals surface area contributed by atoms with E-state index in [0.717, 1.165) is 5.69 Å². The van der Waals surface area contributed by atoms with Crippen molar-refractivity contribution >= 4 is 52.3 Å². The van der Waals surface area contributed by atoms with Crippen molar-refractivity contribution < 1.29 is 9.90 Å². The monoisotopic (exact) mass is 388 g/mol. The molecule has 0 amide bonds. The van der Waals surface area contributed by atoms with E-state index in [1.165, 1.54) is 12.1 Å². The molecule has 6 nitrogen and oxygen atoms in total. The van der Waals surface area contributed by atoms with Gasteiger partial charge in [0.1, 0.15) is 5.82 Å². The number of aromatic nitrogens is 2. The maximum Gasteiger partial charge on any atom is 0.335 e. The molecule has 0 saturated heterocycles. The minimum Gasteiger partial charge on any atom is -0.478 e. The normalized spacial score (nSPS) is 10.4. The van der Waals surface area contributed by atoms with E-state index >= 15 is 0 Å². The molecular formula is C18H14Cl2N4O2. The van der Waals surface area contributed by atoms with Crippen molar-refractivity contribution in [2.45, 2.75) is 6.92 Å². The van der Waals surface area contributed by atoms with E-state index in [9.17, 15) is 4.79 Å². The molecule has 0 saturated carbocycles. The van der Waals surface area contributed by atoms with Gasteiger partial charge in [0.15, 0.2) is 0 Å². The first kappa shape index (κ1) is 18.0. The Balaban J connectivity index is 1.85. The van der Waals surface area contributed by atoms with E-state index in [4.69, 9.17) is 28.3 Å². The number of nitrogens with one attached hydrogen (secondary N) is 2. The Hall–Kier alpha value is -2.83. The quantitative estimate of drug-likeness (QED) is 0.551. The third-order valence-corrected chi connectivity index (χ3v) is 3.96. The summed E-state index contributed by atoms with van der Waals surface area (Å²) in [7, 11) is 0. The molecule has 3 rings (SSSR count). The van der Waals surface area contributed by atoms with Gasteiger partial charge < -0.3 is 15.7 Å². The molecule has 1 heterocycles. The molecule has 0 aliphatic heterocycles. The number of carboxylic acid groups (broad SMARTS) is 1. The van der Waals surface area contributed by atoms with Crippen molar-refractivity contribution in [3.63, 3.8) is 0 Å². The molecule has 0 fully saturated rings. The zero-order valence-corrected chi connectivity index (χ0v) is 15.1. The number of aromatic carboxylic acids is 1. The lowest BCUT2D eigenvalue weighted by atomic mass is 10.2. The summed E-state index contributed by atoms with van der Waals surface area (Å²) in [6.45, 7) is 1.83. The molecule has 0 radical (unpaired) electrons. The van der Waals surface area contributed by atoms with Gasteiger partial charge in [0.25, 0.3) is 0 Å². The number of hydrogen-bond acceptors (Lipinski definition) is 5. The zero-order valence-electron chi connectivity index (χ0n) is 13.6. The highest BCUT2D eigenvalue weighted by molar-refractivity contribution is 6.36. The third-order valence-electron chi connectivity index (χ3n) is 3.41. The molecule has 0 bridgehead atoms. The first-order valence-corrected chi connectivity index (χ1v) is 8.34. The summed E-state index contributed by atoms with van der Waals surface area (Å²) in [5.74, 6) is -0.119. The summed E-state index contributed by atoms with van der Waals surface area (Å²) in [5.41, 5.74) is 2.15. The highest BCUT2D eigenvalue weighted by Crippen LogP contribution is 2.28. The van der Waals surface area contributed by atoms with Crippen molar-refractivity contribution in [2.75, 3.05) is 10.6 Å². The second kappa shape index (κ2) is 7.59. The van der Waals surface area contributed by atoms with Crippen LogP contribution in [0, 0.1) is 6.92 Å². The van der Waals surface area contributed by atoms with E-state index < -0.39 is 5.97 Å². The Morgan fingerprint density at radius 3 is 2.58 bits per heavy atom. The van der Waals surface area contributed by atoms with Gasteiger partial charge >= 0.3 is 5.97 Å². The predicted molar refractivity (Wildman–Crippen MR) is 103 cm³/mol. The molecule has 0 unspecified atom stereocenters. The van der Waals surface area contributed by atoms with Crippen molar-refractivity contribution in [3.8, 4) is 0 Å². The number of benzene rings is 2. The molecule has 0 atom stereocenters. The summed E-state index contributed by atoms with van der Waals surface area (Å²) < 4.78 is 0. The molecule has 0 spiro atoms. The number of nitrogens with zero attached hydrogens (tertiary/aromatic N) is 2. The number of carbonyl (C=O) groups is 1. The van der Waals surface area contributed by atoms with Crippen molar-refractivity contribution in [3.05, 3.63) is 69.8 Å². The summed E-state index contributed by atoms with van der Waals surface area (Å²) in [6.07, 6.45) is 0. The molecule has 2 aromatic carbocycles. The van der Waals surface area contributed by atoms with Crippen LogP contribution < -0.4 is 10.6 Å². The number of hydrogen-bond donors (Lipinski definition) is 3. The minimum absolute atomic E-state index is 0.187. The molecule has 26 heavy (non-hydrogen) atoms. The minimum atomic E-state index is -0.993. The lowest BCUT2D eigenvalue weighted by Gasteiger charge is -2.11. The van der Waals surface area contributed by atoms with Crippen LogP contribution in [-0.4, -0.2) is 21.0 Å². The third kappa shape index (κ3) is 4.41. The van der Waals surface area contributed by atoms with E-state index in [0.29, 0.717) is 33.2 Å². The van der Waals surface area contributed by atoms with E-state index in [1.807, 2.05) is 6.92 Å². The van der Waals surface area contributed by atoms with Gasteiger partial charge in [0.2, 0.25) is 5.95 Å². The molecule has 8 heteroatoms. The van der Waals surface area contributed by atoms with Crippen LogP contribution >= 0.6 is 23.2 Å². The number of rotatable bonds is 5. The number of carboxylic acids is 1. The molecule has 3 aromatic rings. The SMILES string of the molecule is Cc1cc(Nc2cccc(C(=O)O)c2)nc(Nc2ccc(Cl)cc2Cl)n1. The van der Waals surface area contributed by atoms with Crippen LogP contribution in [0.2, 0.25) is 10.0 Å². The van der Waals surface area contributed by atoms with Crippen molar-refractivity contribution in [1.29, 1.82) is 0 Å². The predicted octanol–water partition coefficient (Wildman–Crippen LogP) is 5.28. The largest absolute Gasteiger partial charge is 0.478 e. The molecule has 0 aliphatic rings. The molecule has 3 N–H and O–H groups in total. The smallest absolute Gasteiger partial charge is 0.335 e. The highest BCUT2D eigenvalue weighted by atomic mass is 35.5. The topological polar surface area (TPSA) is 87.1 Å². The van der Waals surface area contributed by atoms with Gasteiger partial charge in [-0.2, -0.15) is 4.98 Å². The summed E-state index contributed by atoms with van der Waals surface area (Å²) >= 11 is 12.1. The zero-order chi connectivity index (χ0) is 18.7. The first-order valence-electron chi connectivity index (χ1n) is 7.59. The second-order valence-electron chi connectivity index (χ2n) is 5.48. The number of anilines is 4. The van der Waals surface area contributed by atoms with Crippen LogP contribution in [0.25, 0.3) is 0 Å². The lowest BCUT2D eigenvalue weighted by Crippen LogP contribution is -2.03. The Bertz CT molecular complexity index is 979. The second-order valence-corrected chi connectivity index (χ2v) is 6.32. The van der Waals surface area contributed by atoms with E-state index in [-0.39, 0.29) is 5.56 Å². The van der Waals surface area contributed by atoms with Gasteiger partial charge in [-0.25, -0.2) is 9.78 Å². The highest BCUT2D eigenvalue weighted by Gasteiger charge is 2.08. The summed E-state index contributed by atoms with van der Waals surface area (Å²) in [6, 6.07) is 13.3. The van der Waals surface area contributed by atoms with Gasteiger partial charge in [-0.3, -0.25) is 0 Å². The molecular weight excluding hydrogens is 375 g/mol. The first-order chi connectivity index (χ1) is 12.4. The van der Waals surface area contributed by atoms with Gasteiger partial charge in [0.05, 0.1) is 16.3 Å². The summed E-state index contributed by atoms with van der Waals surface area (Å²) in [4.78, 5) is 19.8. The summed E-state index contributed by atoms with van der Waals surface area (Å²) in [5, 5.41) is 16.2. The van der Waals surface area contributed by atoms with Gasteiger partial charge in [-0.1, -0.05) is 29.3 Å². The maximum atomic E-state index is 11.1. The Labute approximate surface area is 159 Å². The Morgan fingerprint density at radius 2 is 1.85 bits per heavy atom. The van der Waals surface area contributed by atoms with E-state index in [2.05, 4.69) is 20.6 Å². The average Bonchev–Trinajstić information content (AvgIpc) is 2.57. The van der Waals surface area contributed by atoms with Gasteiger partial charge in [-0.05, 0) is 43.3 Å². The Morgan fingerprint density at radius 1 is 1.04 bits per heavy atom. The molecule has 1 aromatic heterocycles. The van der Waals surface area contributed by atoms with Gasteiger partial charge in [-0.15, -0.1) is 0 Å². The van der Waals surface area contributed by atoms with Crippen LogP contribution in [0.5, 0.6) is 0 Å². The Kier molecular flexibility index (Phi) is 5.25. The fraction of sp³-hybridized carbons (Fsp3) is 0.0556. The van der Waals surface area contributed by atoms with Crippen LogP contribution in [0.3, 0.4) is 0 Å². The fourth-order valence-electron chi connectivity index (χ4n) is 2.28. The number of aryl methyl sites for hydroxylation is 1. The lowest BCUT2D eigenvalue weighted by molar-refractivity contribution is 0.0697. The molecule has 132 valence electrons. The van der Waals surface area contributed by atoms with Gasteiger partial charge in [0, 0.05) is 22.5 Å². The van der Waals surface area contributed by atoms with Crippen LogP contribution in [-0.2, 0) is 0 Å². The van der Waals surface area contributed by atoms with E-state index in [1.54, 1.807) is 36.4 Å². The van der Waals surface area contributed by atoms with Crippen molar-refractivity contribution in [1.82, 2.24) is 9.97 Å². The average molecular weight is 389 g/mol. The van der Waals surface area contributed by atoms with Crippen LogP contribution in [0.1, 0.15) is 16.1 Å². The number of halogens is 2. The van der Waals surface area contributed by atoms with Crippen LogP contribution in [0.4, 0.5) is 23.1 Å². The molecule has 0 aliphatic carbocycles.